The van der Waals surface area contributed by atoms with E-state index in [1.54, 1.807) is 36.4 Å². The van der Waals surface area contributed by atoms with Gasteiger partial charge in [-0.15, -0.1) is 11.3 Å². The number of rotatable bonds is 3. The van der Waals surface area contributed by atoms with E-state index in [2.05, 4.69) is 0 Å². The minimum absolute atomic E-state index is 0.159. The van der Waals surface area contributed by atoms with Crippen molar-refractivity contribution < 1.29 is 18.3 Å². The molecule has 1 atom stereocenters. The van der Waals surface area contributed by atoms with E-state index in [0.29, 0.717) is 5.69 Å². The first-order chi connectivity index (χ1) is 11.1. The summed E-state index contributed by atoms with van der Waals surface area (Å²) >= 11 is 1.20. The molecule has 0 bridgehead atoms. The number of nitrogens with zero attached hydrogens (tertiary/aromatic N) is 1. The molecule has 1 unspecified atom stereocenters. The molecule has 1 aromatic carbocycles. The van der Waals surface area contributed by atoms with Crippen LogP contribution in [0, 0.1) is 0 Å². The second-order valence-electron chi connectivity index (χ2n) is 6.86. The summed E-state index contributed by atoms with van der Waals surface area (Å²) in [5, 5.41) is 9.50. The van der Waals surface area contributed by atoms with Crippen LogP contribution in [-0.4, -0.2) is 25.5 Å². The Hall–Kier alpha value is -1.86. The predicted octanol–water partition coefficient (Wildman–Crippen LogP) is 3.25. The van der Waals surface area contributed by atoms with Crippen molar-refractivity contribution in [2.24, 2.45) is 0 Å². The van der Waals surface area contributed by atoms with Gasteiger partial charge in [0.25, 0.3) is 10.0 Å². The van der Waals surface area contributed by atoms with Crippen LogP contribution in [0.15, 0.2) is 40.6 Å². The zero-order chi connectivity index (χ0) is 17.7. The molecule has 0 spiro atoms. The smallest absolute Gasteiger partial charge is 0.327 e. The van der Waals surface area contributed by atoms with E-state index in [4.69, 9.17) is 0 Å². The third-order valence-corrected chi connectivity index (χ3v) is 7.85. The molecule has 0 radical (unpaired) electrons. The number of carbonyl (C=O) groups is 1. The van der Waals surface area contributed by atoms with Gasteiger partial charge in [-0.05, 0) is 29.2 Å². The van der Waals surface area contributed by atoms with Crippen molar-refractivity contribution in [3.8, 4) is 0 Å². The number of fused-ring (bicyclic) bond motifs is 1. The highest BCUT2D eigenvalue weighted by atomic mass is 32.2. The molecule has 0 saturated heterocycles. The zero-order valence-corrected chi connectivity index (χ0v) is 15.3. The quantitative estimate of drug-likeness (QED) is 0.906. The molecule has 1 aliphatic rings. The number of carboxylic acid groups (broad SMARTS) is 1. The molecular formula is C17H19NO4S2. The summed E-state index contributed by atoms with van der Waals surface area (Å²) in [5.74, 6) is -1.14. The van der Waals surface area contributed by atoms with E-state index in [-0.39, 0.29) is 16.0 Å². The Morgan fingerprint density at radius 1 is 1.21 bits per heavy atom. The molecule has 2 aromatic rings. The molecule has 1 aliphatic heterocycles. The topological polar surface area (TPSA) is 74.7 Å². The number of para-hydroxylation sites is 1. The first-order valence-corrected chi connectivity index (χ1v) is 9.83. The maximum atomic E-state index is 13.1. The van der Waals surface area contributed by atoms with Gasteiger partial charge >= 0.3 is 5.97 Å². The number of anilines is 1. The van der Waals surface area contributed by atoms with Gasteiger partial charge in [0.1, 0.15) is 10.3 Å². The van der Waals surface area contributed by atoms with Crippen LogP contribution in [0.5, 0.6) is 0 Å². The van der Waals surface area contributed by atoms with E-state index in [1.807, 2.05) is 20.8 Å². The Labute approximate surface area is 145 Å². The maximum absolute atomic E-state index is 13.1. The normalized spacial score (nSPS) is 17.8. The lowest BCUT2D eigenvalue weighted by molar-refractivity contribution is -0.138. The van der Waals surface area contributed by atoms with Crippen LogP contribution < -0.4 is 4.31 Å². The lowest BCUT2D eigenvalue weighted by Crippen LogP contribution is -2.42. The van der Waals surface area contributed by atoms with Crippen LogP contribution in [-0.2, 0) is 26.7 Å². The summed E-state index contributed by atoms with van der Waals surface area (Å²) in [6.07, 6.45) is 0.183. The molecule has 1 aromatic heterocycles. The molecule has 2 heterocycles. The summed E-state index contributed by atoms with van der Waals surface area (Å²) in [7, 11) is -3.91. The molecule has 3 rings (SSSR count). The molecular weight excluding hydrogens is 346 g/mol. The Bertz CT molecular complexity index is 893. The van der Waals surface area contributed by atoms with Gasteiger partial charge in [0.2, 0.25) is 0 Å². The lowest BCUT2D eigenvalue weighted by Gasteiger charge is -2.23. The first-order valence-electron chi connectivity index (χ1n) is 7.58. The minimum atomic E-state index is -3.91. The fourth-order valence-corrected chi connectivity index (χ4v) is 5.90. The molecule has 0 amide bonds. The molecule has 128 valence electrons. The number of thiophene rings is 1. The number of sulfonamides is 1. The van der Waals surface area contributed by atoms with Crippen molar-refractivity contribution in [3.05, 3.63) is 46.8 Å². The molecule has 0 fully saturated rings. The van der Waals surface area contributed by atoms with E-state index < -0.39 is 22.0 Å². The molecule has 7 heteroatoms. The van der Waals surface area contributed by atoms with Crippen molar-refractivity contribution >= 4 is 33.0 Å². The van der Waals surface area contributed by atoms with Crippen LogP contribution in [0.3, 0.4) is 0 Å². The average molecular weight is 365 g/mol. The number of aliphatic carboxylic acids is 1. The average Bonchev–Trinajstić information content (AvgIpc) is 3.12. The van der Waals surface area contributed by atoms with Crippen LogP contribution >= 0.6 is 11.3 Å². The molecule has 1 N–H and O–H groups in total. The van der Waals surface area contributed by atoms with Crippen molar-refractivity contribution in [1.82, 2.24) is 0 Å². The van der Waals surface area contributed by atoms with Crippen molar-refractivity contribution in [2.45, 2.75) is 42.9 Å². The highest BCUT2D eigenvalue weighted by Gasteiger charge is 2.43. The Morgan fingerprint density at radius 2 is 1.88 bits per heavy atom. The lowest BCUT2D eigenvalue weighted by atomic mass is 9.95. The fraction of sp³-hybridized carbons (Fsp3) is 0.353. The maximum Gasteiger partial charge on any atom is 0.327 e. The largest absolute Gasteiger partial charge is 0.480 e. The van der Waals surface area contributed by atoms with Gasteiger partial charge in [0.15, 0.2) is 0 Å². The Balaban J connectivity index is 2.11. The third-order valence-electron chi connectivity index (χ3n) is 4.04. The summed E-state index contributed by atoms with van der Waals surface area (Å²) in [4.78, 5) is 12.6. The summed E-state index contributed by atoms with van der Waals surface area (Å²) in [5.41, 5.74) is 1.03. The van der Waals surface area contributed by atoms with Gasteiger partial charge in [-0.1, -0.05) is 39.0 Å². The molecule has 0 saturated carbocycles. The second-order valence-corrected chi connectivity index (χ2v) is 9.98. The van der Waals surface area contributed by atoms with Crippen molar-refractivity contribution in [3.63, 3.8) is 0 Å². The SMILES string of the molecule is CC(C)(C)c1ccc(S(=O)(=O)N2c3ccccc3CC2C(=O)O)s1. The van der Waals surface area contributed by atoms with Crippen molar-refractivity contribution in [1.29, 1.82) is 0 Å². The summed E-state index contributed by atoms with van der Waals surface area (Å²) in [6, 6.07) is 9.21. The first kappa shape index (κ1) is 17.0. The van der Waals surface area contributed by atoms with Gasteiger partial charge in [-0.3, -0.25) is 4.31 Å². The van der Waals surface area contributed by atoms with Gasteiger partial charge < -0.3 is 5.11 Å². The van der Waals surface area contributed by atoms with Crippen LogP contribution in [0.4, 0.5) is 5.69 Å². The Morgan fingerprint density at radius 3 is 2.46 bits per heavy atom. The van der Waals surface area contributed by atoms with Crippen LogP contribution in [0.2, 0.25) is 0 Å². The highest BCUT2D eigenvalue weighted by Crippen LogP contribution is 2.40. The molecule has 5 nitrogen and oxygen atoms in total. The van der Waals surface area contributed by atoms with Crippen LogP contribution in [0.1, 0.15) is 31.2 Å². The van der Waals surface area contributed by atoms with E-state index in [1.165, 1.54) is 11.3 Å². The zero-order valence-electron chi connectivity index (χ0n) is 13.7. The monoisotopic (exact) mass is 365 g/mol. The van der Waals surface area contributed by atoms with Gasteiger partial charge in [0, 0.05) is 11.3 Å². The number of hydrogen-bond acceptors (Lipinski definition) is 4. The predicted molar refractivity (Wildman–Crippen MR) is 94.3 cm³/mol. The van der Waals surface area contributed by atoms with Crippen molar-refractivity contribution in [2.75, 3.05) is 4.31 Å². The second kappa shape index (κ2) is 5.60. The standard InChI is InChI=1S/C17H19NO4S2/c1-17(2,3)14-8-9-15(23-14)24(21,22)18-12-7-5-4-6-11(12)10-13(18)16(19)20/h4-9,13H,10H2,1-3H3,(H,19,20). The van der Waals surface area contributed by atoms with Gasteiger partial charge in [-0.25, -0.2) is 13.2 Å². The number of hydrogen-bond donors (Lipinski definition) is 1. The summed E-state index contributed by atoms with van der Waals surface area (Å²) < 4.78 is 27.5. The number of carboxylic acids is 1. The molecule has 24 heavy (non-hydrogen) atoms. The molecule has 0 aliphatic carbocycles. The van der Waals surface area contributed by atoms with E-state index in [9.17, 15) is 18.3 Å². The van der Waals surface area contributed by atoms with E-state index in [0.717, 1.165) is 14.7 Å². The van der Waals surface area contributed by atoms with Crippen LogP contribution in [0.25, 0.3) is 0 Å². The van der Waals surface area contributed by atoms with E-state index >= 15 is 0 Å². The van der Waals surface area contributed by atoms with Gasteiger partial charge in [-0.2, -0.15) is 0 Å². The van der Waals surface area contributed by atoms with Gasteiger partial charge in [0.05, 0.1) is 5.69 Å². The third kappa shape index (κ3) is 2.71. The Kier molecular flexibility index (Phi) is 3.96. The highest BCUT2D eigenvalue weighted by molar-refractivity contribution is 7.94. The fourth-order valence-electron chi connectivity index (χ4n) is 2.80. The number of benzene rings is 1. The summed E-state index contributed by atoms with van der Waals surface area (Å²) in [6.45, 7) is 6.04. The minimum Gasteiger partial charge on any atom is -0.480 e.